The first-order valence-electron chi connectivity index (χ1n) is 8.17. The molecule has 1 aliphatic heterocycles. The van der Waals surface area contributed by atoms with Crippen molar-refractivity contribution >= 4 is 35.0 Å². The molecule has 1 saturated heterocycles. The minimum absolute atomic E-state index is 0.0323. The number of nitro benzene ring substituents is 1. The van der Waals surface area contributed by atoms with Crippen molar-refractivity contribution in [2.75, 3.05) is 16.8 Å². The van der Waals surface area contributed by atoms with Crippen molar-refractivity contribution in [3.8, 4) is 0 Å². The molecule has 2 aromatic rings. The van der Waals surface area contributed by atoms with Crippen LogP contribution in [0.2, 0.25) is 0 Å². The second kappa shape index (κ2) is 7.60. The summed E-state index contributed by atoms with van der Waals surface area (Å²) in [6.45, 7) is 0.742. The molecular weight excluding hydrogens is 334 g/mol. The third-order valence-corrected chi connectivity index (χ3v) is 4.05. The third-order valence-electron chi connectivity index (χ3n) is 4.05. The van der Waals surface area contributed by atoms with E-state index in [1.165, 1.54) is 30.3 Å². The fraction of sp³-hybridized carbons (Fsp3) is 0.158. The molecule has 1 N–H and O–H groups in total. The van der Waals surface area contributed by atoms with Crippen LogP contribution < -0.4 is 10.2 Å². The number of carbonyl (C=O) groups excluding carboxylic acids is 2. The van der Waals surface area contributed by atoms with Gasteiger partial charge in [0.15, 0.2) is 0 Å². The summed E-state index contributed by atoms with van der Waals surface area (Å²) >= 11 is 0. The van der Waals surface area contributed by atoms with Gasteiger partial charge in [-0.25, -0.2) is 0 Å². The third kappa shape index (κ3) is 4.13. The predicted molar refractivity (Wildman–Crippen MR) is 98.8 cm³/mol. The average Bonchev–Trinajstić information content (AvgIpc) is 3.07. The van der Waals surface area contributed by atoms with Gasteiger partial charge in [-0.2, -0.15) is 0 Å². The highest BCUT2D eigenvalue weighted by atomic mass is 16.6. The van der Waals surface area contributed by atoms with Crippen LogP contribution in [-0.4, -0.2) is 23.3 Å². The van der Waals surface area contributed by atoms with Gasteiger partial charge in [-0.05, 0) is 42.3 Å². The van der Waals surface area contributed by atoms with Crippen molar-refractivity contribution in [3.63, 3.8) is 0 Å². The number of nitro groups is 1. The lowest BCUT2D eigenvalue weighted by Crippen LogP contribution is -2.23. The van der Waals surface area contributed by atoms with Gasteiger partial charge in [0, 0.05) is 42.5 Å². The molecule has 7 nitrogen and oxygen atoms in total. The maximum Gasteiger partial charge on any atom is 0.269 e. The molecule has 0 saturated carbocycles. The van der Waals surface area contributed by atoms with Crippen molar-refractivity contribution in [1.29, 1.82) is 0 Å². The Hall–Kier alpha value is -3.48. The van der Waals surface area contributed by atoms with Crippen molar-refractivity contribution in [1.82, 2.24) is 0 Å². The highest BCUT2D eigenvalue weighted by Crippen LogP contribution is 2.22. The summed E-state index contributed by atoms with van der Waals surface area (Å²) in [7, 11) is 0. The van der Waals surface area contributed by atoms with E-state index in [-0.39, 0.29) is 17.5 Å². The second-order valence-corrected chi connectivity index (χ2v) is 5.87. The number of amides is 2. The van der Waals surface area contributed by atoms with Crippen LogP contribution in [0.1, 0.15) is 18.4 Å². The van der Waals surface area contributed by atoms with Crippen molar-refractivity contribution < 1.29 is 14.5 Å². The van der Waals surface area contributed by atoms with E-state index in [2.05, 4.69) is 5.32 Å². The molecule has 0 aromatic heterocycles. The summed E-state index contributed by atoms with van der Waals surface area (Å²) in [5, 5.41) is 13.2. The van der Waals surface area contributed by atoms with Crippen LogP contribution in [0.4, 0.5) is 17.1 Å². The second-order valence-electron chi connectivity index (χ2n) is 5.87. The predicted octanol–water partition coefficient (Wildman–Crippen LogP) is 3.37. The summed E-state index contributed by atoms with van der Waals surface area (Å²) < 4.78 is 0. The standard InChI is InChI=1S/C19H17N3O4/c23-18(20-15-6-10-17(11-7-15)22(25)26)12-5-14-3-8-16(9-4-14)21-13-1-2-19(21)24/h3-12H,1-2,13H2,(H,20,23)/b12-5+. The number of nitrogens with one attached hydrogen (secondary N) is 1. The Morgan fingerprint density at radius 3 is 2.38 bits per heavy atom. The number of hydrogen-bond acceptors (Lipinski definition) is 4. The van der Waals surface area contributed by atoms with Crippen LogP contribution in [-0.2, 0) is 9.59 Å². The zero-order valence-corrected chi connectivity index (χ0v) is 13.9. The molecule has 7 heteroatoms. The van der Waals surface area contributed by atoms with Gasteiger partial charge in [0.25, 0.3) is 5.69 Å². The number of non-ortho nitro benzene ring substituents is 1. The van der Waals surface area contributed by atoms with Crippen molar-refractivity contribution in [3.05, 3.63) is 70.3 Å². The number of anilines is 2. The molecule has 0 unspecified atom stereocenters. The van der Waals surface area contributed by atoms with Gasteiger partial charge in [-0.15, -0.1) is 0 Å². The first-order valence-corrected chi connectivity index (χ1v) is 8.17. The average molecular weight is 351 g/mol. The Kier molecular flexibility index (Phi) is 5.07. The van der Waals surface area contributed by atoms with Gasteiger partial charge in [-0.1, -0.05) is 12.1 Å². The van der Waals surface area contributed by atoms with E-state index in [9.17, 15) is 19.7 Å². The molecule has 1 heterocycles. The maximum absolute atomic E-state index is 11.9. The molecule has 0 spiro atoms. The Morgan fingerprint density at radius 1 is 1.12 bits per heavy atom. The zero-order valence-electron chi connectivity index (χ0n) is 13.9. The largest absolute Gasteiger partial charge is 0.323 e. The van der Waals surface area contributed by atoms with E-state index in [0.29, 0.717) is 12.1 Å². The lowest BCUT2D eigenvalue weighted by molar-refractivity contribution is -0.384. The summed E-state index contributed by atoms with van der Waals surface area (Å²) in [5.74, 6) is -0.201. The number of benzene rings is 2. The molecule has 1 aliphatic rings. The van der Waals surface area contributed by atoms with Crippen LogP contribution in [0.15, 0.2) is 54.6 Å². The van der Waals surface area contributed by atoms with E-state index in [1.54, 1.807) is 11.0 Å². The Bertz CT molecular complexity index is 857. The maximum atomic E-state index is 11.9. The van der Waals surface area contributed by atoms with Crippen LogP contribution in [0.3, 0.4) is 0 Å². The number of rotatable bonds is 5. The molecule has 132 valence electrons. The first kappa shape index (κ1) is 17.3. The summed E-state index contributed by atoms with van der Waals surface area (Å²) in [6.07, 6.45) is 4.52. The van der Waals surface area contributed by atoms with Gasteiger partial charge < -0.3 is 10.2 Å². The molecule has 26 heavy (non-hydrogen) atoms. The number of hydrogen-bond donors (Lipinski definition) is 1. The molecular formula is C19H17N3O4. The zero-order chi connectivity index (χ0) is 18.5. The minimum Gasteiger partial charge on any atom is -0.323 e. The van der Waals surface area contributed by atoms with Gasteiger partial charge >= 0.3 is 0 Å². The monoisotopic (exact) mass is 351 g/mol. The Morgan fingerprint density at radius 2 is 1.81 bits per heavy atom. The topological polar surface area (TPSA) is 92.6 Å². The SMILES string of the molecule is O=C(/C=C/c1ccc(N2CCCC2=O)cc1)Nc1ccc([N+](=O)[O-])cc1. The van der Waals surface area contributed by atoms with Gasteiger partial charge in [0.2, 0.25) is 11.8 Å². The molecule has 2 amide bonds. The smallest absolute Gasteiger partial charge is 0.269 e. The van der Waals surface area contributed by atoms with E-state index in [1.807, 2.05) is 24.3 Å². The molecule has 0 bridgehead atoms. The van der Waals surface area contributed by atoms with E-state index in [0.717, 1.165) is 24.2 Å². The molecule has 3 rings (SSSR count). The van der Waals surface area contributed by atoms with E-state index in [4.69, 9.17) is 0 Å². The first-order chi connectivity index (χ1) is 12.5. The normalized spacial score (nSPS) is 14.0. The van der Waals surface area contributed by atoms with Crippen LogP contribution in [0, 0.1) is 10.1 Å². The number of nitrogens with zero attached hydrogens (tertiary/aromatic N) is 2. The summed E-state index contributed by atoms with van der Waals surface area (Å²) in [5.41, 5.74) is 2.14. The highest BCUT2D eigenvalue weighted by molar-refractivity contribution is 6.02. The molecule has 0 atom stereocenters. The summed E-state index contributed by atoms with van der Waals surface area (Å²) in [6, 6.07) is 13.0. The van der Waals surface area contributed by atoms with E-state index < -0.39 is 4.92 Å². The van der Waals surface area contributed by atoms with Crippen LogP contribution in [0.5, 0.6) is 0 Å². The molecule has 2 aromatic carbocycles. The van der Waals surface area contributed by atoms with Crippen LogP contribution in [0.25, 0.3) is 6.08 Å². The number of carbonyl (C=O) groups is 2. The Labute approximate surface area is 150 Å². The van der Waals surface area contributed by atoms with Gasteiger partial charge in [0.05, 0.1) is 4.92 Å². The minimum atomic E-state index is -0.495. The van der Waals surface area contributed by atoms with Crippen LogP contribution >= 0.6 is 0 Å². The lowest BCUT2D eigenvalue weighted by Gasteiger charge is -2.15. The van der Waals surface area contributed by atoms with Gasteiger partial charge in [-0.3, -0.25) is 19.7 Å². The Balaban J connectivity index is 1.59. The van der Waals surface area contributed by atoms with E-state index >= 15 is 0 Å². The fourth-order valence-corrected chi connectivity index (χ4v) is 2.71. The summed E-state index contributed by atoms with van der Waals surface area (Å²) in [4.78, 5) is 35.5. The van der Waals surface area contributed by atoms with Crippen molar-refractivity contribution in [2.45, 2.75) is 12.8 Å². The molecule has 1 fully saturated rings. The van der Waals surface area contributed by atoms with Crippen molar-refractivity contribution in [2.24, 2.45) is 0 Å². The lowest BCUT2D eigenvalue weighted by atomic mass is 10.2. The highest BCUT2D eigenvalue weighted by Gasteiger charge is 2.21. The fourth-order valence-electron chi connectivity index (χ4n) is 2.71. The quantitative estimate of drug-likeness (QED) is 0.508. The molecule has 0 radical (unpaired) electrons. The molecule has 0 aliphatic carbocycles. The van der Waals surface area contributed by atoms with Gasteiger partial charge in [0.1, 0.15) is 0 Å².